The number of nitrogens with one attached hydrogen (secondary N) is 2. The molecule has 0 aliphatic heterocycles. The summed E-state index contributed by atoms with van der Waals surface area (Å²) in [6, 6.07) is 17.4. The lowest BCUT2D eigenvalue weighted by Gasteiger charge is -2.12. The Labute approximate surface area is 208 Å². The van der Waals surface area contributed by atoms with Gasteiger partial charge in [-0.15, -0.1) is 0 Å². The summed E-state index contributed by atoms with van der Waals surface area (Å²) in [7, 11) is -4.13. The summed E-state index contributed by atoms with van der Waals surface area (Å²) in [6.07, 6.45) is 0. The van der Waals surface area contributed by atoms with Crippen LogP contribution in [0.4, 0.5) is 27.4 Å². The second kappa shape index (κ2) is 9.82. The summed E-state index contributed by atoms with van der Waals surface area (Å²) in [5.41, 5.74) is 9.87. The minimum absolute atomic E-state index is 0.0154. The highest BCUT2D eigenvalue weighted by atomic mass is 32.2. The predicted molar refractivity (Wildman–Crippen MR) is 137 cm³/mol. The number of nitrogen functional groups attached to an aromatic ring is 1. The third kappa shape index (κ3) is 5.08. The molecule has 3 aromatic carbocycles. The van der Waals surface area contributed by atoms with Crippen molar-refractivity contribution in [2.24, 2.45) is 0 Å². The van der Waals surface area contributed by atoms with E-state index in [1.165, 1.54) is 30.3 Å². The van der Waals surface area contributed by atoms with Gasteiger partial charge < -0.3 is 16.4 Å². The molecule has 1 aromatic heterocycles. The first-order chi connectivity index (χ1) is 17.1. The first-order valence-electron chi connectivity index (χ1n) is 11.1. The maximum Gasteiger partial charge on any atom is 0.246 e. The van der Waals surface area contributed by atoms with Crippen molar-refractivity contribution in [2.45, 2.75) is 37.1 Å². The van der Waals surface area contributed by atoms with Gasteiger partial charge in [-0.2, -0.15) is 5.10 Å². The van der Waals surface area contributed by atoms with Crippen LogP contribution >= 0.6 is 0 Å². The summed E-state index contributed by atoms with van der Waals surface area (Å²) in [5, 5.41) is 9.97. The standard InChI is InChI=1S/C26H26FN5O3S/c1-16-10-12-21(13-11-16)36(34,35)24-25(28)32(31-26(24)29-20-9-5-8-19(27)14-20)15-22(33)30-23-17(2)6-4-7-18(23)3/h4-14H,15,28H2,1-3H3,(H,29,31)(H,30,33). The lowest BCUT2D eigenvalue weighted by Crippen LogP contribution is -2.21. The van der Waals surface area contributed by atoms with Gasteiger partial charge in [0.25, 0.3) is 0 Å². The highest BCUT2D eigenvalue weighted by Gasteiger charge is 2.30. The monoisotopic (exact) mass is 507 g/mol. The van der Waals surface area contributed by atoms with Crippen LogP contribution in [0, 0.1) is 26.6 Å². The van der Waals surface area contributed by atoms with Crippen molar-refractivity contribution < 1.29 is 17.6 Å². The van der Waals surface area contributed by atoms with E-state index < -0.39 is 21.6 Å². The highest BCUT2D eigenvalue weighted by Crippen LogP contribution is 2.34. The highest BCUT2D eigenvalue weighted by molar-refractivity contribution is 7.91. The minimum atomic E-state index is -4.13. The van der Waals surface area contributed by atoms with E-state index in [0.717, 1.165) is 21.4 Å². The molecule has 0 saturated carbocycles. The number of anilines is 4. The molecule has 0 fully saturated rings. The summed E-state index contributed by atoms with van der Waals surface area (Å²) >= 11 is 0. The number of carbonyl (C=O) groups is 1. The molecule has 186 valence electrons. The van der Waals surface area contributed by atoms with Gasteiger partial charge in [-0.3, -0.25) is 4.79 Å². The van der Waals surface area contributed by atoms with Crippen molar-refractivity contribution in [3.05, 3.63) is 89.2 Å². The maximum absolute atomic E-state index is 13.8. The molecule has 0 unspecified atom stereocenters. The van der Waals surface area contributed by atoms with E-state index in [-0.39, 0.29) is 33.7 Å². The van der Waals surface area contributed by atoms with Gasteiger partial charge in [-0.1, -0.05) is 42.0 Å². The van der Waals surface area contributed by atoms with Crippen LogP contribution in [0.5, 0.6) is 0 Å². The average molecular weight is 508 g/mol. The van der Waals surface area contributed by atoms with E-state index in [0.29, 0.717) is 5.69 Å². The Hall–Kier alpha value is -4.18. The Morgan fingerprint density at radius 1 is 1.00 bits per heavy atom. The van der Waals surface area contributed by atoms with Crippen LogP contribution in [-0.2, 0) is 21.2 Å². The van der Waals surface area contributed by atoms with Crippen molar-refractivity contribution in [1.82, 2.24) is 9.78 Å². The van der Waals surface area contributed by atoms with Crippen LogP contribution in [0.1, 0.15) is 16.7 Å². The van der Waals surface area contributed by atoms with E-state index in [1.807, 2.05) is 39.0 Å². The summed E-state index contributed by atoms with van der Waals surface area (Å²) in [5.74, 6) is -1.27. The van der Waals surface area contributed by atoms with Crippen molar-refractivity contribution in [2.75, 3.05) is 16.4 Å². The molecule has 0 atom stereocenters. The summed E-state index contributed by atoms with van der Waals surface area (Å²) in [6.45, 7) is 5.26. The van der Waals surface area contributed by atoms with Crippen LogP contribution in [0.15, 0.2) is 76.5 Å². The zero-order chi connectivity index (χ0) is 26.0. The molecular formula is C26H26FN5O3S. The van der Waals surface area contributed by atoms with Gasteiger partial charge in [0, 0.05) is 11.4 Å². The van der Waals surface area contributed by atoms with E-state index in [2.05, 4.69) is 15.7 Å². The number of sulfone groups is 1. The van der Waals surface area contributed by atoms with Gasteiger partial charge in [0.05, 0.1) is 4.90 Å². The average Bonchev–Trinajstić information content (AvgIpc) is 3.11. The number of aryl methyl sites for hydroxylation is 3. The lowest BCUT2D eigenvalue weighted by atomic mass is 10.1. The van der Waals surface area contributed by atoms with Gasteiger partial charge in [-0.05, 0) is 62.2 Å². The van der Waals surface area contributed by atoms with Crippen molar-refractivity contribution in [1.29, 1.82) is 0 Å². The number of aromatic nitrogens is 2. The number of hydrogen-bond donors (Lipinski definition) is 3. The molecule has 4 rings (SSSR count). The summed E-state index contributed by atoms with van der Waals surface area (Å²) < 4.78 is 42.0. The second-order valence-electron chi connectivity index (χ2n) is 8.49. The SMILES string of the molecule is Cc1ccc(S(=O)(=O)c2c(Nc3cccc(F)c3)nn(CC(=O)Nc3c(C)cccc3C)c2N)cc1. The van der Waals surface area contributed by atoms with E-state index in [1.54, 1.807) is 18.2 Å². The number of halogens is 1. The minimum Gasteiger partial charge on any atom is -0.383 e. The Kier molecular flexibility index (Phi) is 6.80. The molecule has 4 aromatic rings. The zero-order valence-corrected chi connectivity index (χ0v) is 20.9. The molecule has 0 bridgehead atoms. The molecule has 0 aliphatic carbocycles. The first kappa shape index (κ1) is 24.9. The third-order valence-electron chi connectivity index (χ3n) is 5.67. The number of amides is 1. The first-order valence-corrected chi connectivity index (χ1v) is 12.6. The zero-order valence-electron chi connectivity index (χ0n) is 20.0. The quantitative estimate of drug-likeness (QED) is 0.332. The Bertz CT molecular complexity index is 1530. The van der Waals surface area contributed by atoms with Gasteiger partial charge in [-0.25, -0.2) is 17.5 Å². The largest absolute Gasteiger partial charge is 0.383 e. The van der Waals surface area contributed by atoms with Gasteiger partial charge in [0.2, 0.25) is 15.7 Å². The number of benzene rings is 3. The van der Waals surface area contributed by atoms with Crippen molar-refractivity contribution in [3.8, 4) is 0 Å². The molecule has 1 amide bonds. The number of hydrogen-bond acceptors (Lipinski definition) is 6. The number of rotatable bonds is 7. The molecule has 36 heavy (non-hydrogen) atoms. The van der Waals surface area contributed by atoms with Gasteiger partial charge in [0.1, 0.15) is 18.2 Å². The van der Waals surface area contributed by atoms with Gasteiger partial charge in [0.15, 0.2) is 10.7 Å². The smallest absolute Gasteiger partial charge is 0.246 e. The third-order valence-corrected chi connectivity index (χ3v) is 7.51. The van der Waals surface area contributed by atoms with Crippen molar-refractivity contribution >= 4 is 38.8 Å². The van der Waals surface area contributed by atoms with E-state index >= 15 is 0 Å². The number of nitrogens with two attached hydrogens (primary N) is 1. The molecule has 4 N–H and O–H groups in total. The molecule has 0 radical (unpaired) electrons. The van der Waals surface area contributed by atoms with Gasteiger partial charge >= 0.3 is 0 Å². The molecule has 10 heteroatoms. The molecule has 1 heterocycles. The van der Waals surface area contributed by atoms with E-state index in [9.17, 15) is 17.6 Å². The number of nitrogens with zero attached hydrogens (tertiary/aromatic N) is 2. The fraction of sp³-hybridized carbons (Fsp3) is 0.154. The fourth-order valence-corrected chi connectivity index (χ4v) is 5.25. The van der Waals surface area contributed by atoms with Crippen LogP contribution in [0.25, 0.3) is 0 Å². The number of carbonyl (C=O) groups excluding carboxylic acids is 1. The Morgan fingerprint density at radius 2 is 1.64 bits per heavy atom. The van der Waals surface area contributed by atoms with Crippen LogP contribution in [0.3, 0.4) is 0 Å². The van der Waals surface area contributed by atoms with Crippen LogP contribution in [-0.4, -0.2) is 24.1 Å². The normalized spacial score (nSPS) is 11.3. The summed E-state index contributed by atoms with van der Waals surface area (Å²) in [4.78, 5) is 12.6. The Balaban J connectivity index is 1.74. The molecule has 0 spiro atoms. The predicted octanol–water partition coefficient (Wildman–Crippen LogP) is 4.74. The molecular weight excluding hydrogens is 481 g/mol. The second-order valence-corrected chi connectivity index (χ2v) is 10.4. The van der Waals surface area contributed by atoms with Crippen molar-refractivity contribution in [3.63, 3.8) is 0 Å². The molecule has 0 saturated heterocycles. The topological polar surface area (TPSA) is 119 Å². The molecule has 8 nitrogen and oxygen atoms in total. The Morgan fingerprint density at radius 3 is 2.28 bits per heavy atom. The van der Waals surface area contributed by atoms with Crippen LogP contribution in [0.2, 0.25) is 0 Å². The molecule has 0 aliphatic rings. The number of para-hydroxylation sites is 1. The lowest BCUT2D eigenvalue weighted by molar-refractivity contribution is -0.116. The van der Waals surface area contributed by atoms with E-state index in [4.69, 9.17) is 5.73 Å². The van der Waals surface area contributed by atoms with Crippen LogP contribution < -0.4 is 16.4 Å². The maximum atomic E-state index is 13.8. The fourth-order valence-electron chi connectivity index (χ4n) is 3.79.